The molecule has 20 heavy (non-hydrogen) atoms. The lowest BCUT2D eigenvalue weighted by Crippen LogP contribution is -2.28. The van der Waals surface area contributed by atoms with E-state index in [0.29, 0.717) is 15.9 Å². The number of benzene rings is 1. The first-order chi connectivity index (χ1) is 9.52. The summed E-state index contributed by atoms with van der Waals surface area (Å²) in [4.78, 5) is 1.51. The molecule has 0 saturated carbocycles. The van der Waals surface area contributed by atoms with E-state index in [0.717, 1.165) is 11.3 Å². The molecule has 0 aromatic heterocycles. The molecule has 1 aliphatic rings. The van der Waals surface area contributed by atoms with Gasteiger partial charge in [-0.25, -0.2) is 8.78 Å². The summed E-state index contributed by atoms with van der Waals surface area (Å²) in [7, 11) is 1.58. The minimum absolute atomic E-state index is 0.389. The van der Waals surface area contributed by atoms with Crippen LogP contribution in [0.1, 0.15) is 5.56 Å². The Kier molecular flexibility index (Phi) is 4.60. The molecule has 106 valence electrons. The zero-order valence-electron chi connectivity index (χ0n) is 10.9. The van der Waals surface area contributed by atoms with Gasteiger partial charge in [-0.1, -0.05) is 6.58 Å². The summed E-state index contributed by atoms with van der Waals surface area (Å²) >= 11 is 3.32. The molecule has 1 aliphatic heterocycles. The number of rotatable bonds is 4. The van der Waals surface area contributed by atoms with Crippen molar-refractivity contribution in [2.24, 2.45) is 0 Å². The number of nitrogens with zero attached hydrogens (tertiary/aromatic N) is 1. The van der Waals surface area contributed by atoms with Crippen LogP contribution in [-0.2, 0) is 0 Å². The van der Waals surface area contributed by atoms with Gasteiger partial charge in [0.1, 0.15) is 5.75 Å². The predicted octanol–water partition coefficient (Wildman–Crippen LogP) is 4.41. The van der Waals surface area contributed by atoms with Crippen LogP contribution in [0.5, 0.6) is 5.75 Å². The average Bonchev–Trinajstić information content (AvgIpc) is 2.44. The summed E-state index contributed by atoms with van der Waals surface area (Å²) in [6.45, 7) is 3.46. The third kappa shape index (κ3) is 3.10. The Balaban J connectivity index is 2.36. The molecule has 0 radical (unpaired) electrons. The molecule has 0 fully saturated rings. The molecule has 2 rings (SSSR count). The first kappa shape index (κ1) is 14.8. The number of hydrogen-bond acceptors (Lipinski definition) is 2. The number of hydrogen-bond donors (Lipinski definition) is 0. The molecular formula is C15H14BrF2NO. The summed E-state index contributed by atoms with van der Waals surface area (Å²) in [5.74, 6) is 0.723. The van der Waals surface area contributed by atoms with Crippen molar-refractivity contribution < 1.29 is 13.5 Å². The molecule has 1 heterocycles. The second-order valence-corrected chi connectivity index (χ2v) is 5.10. The van der Waals surface area contributed by atoms with Crippen molar-refractivity contribution >= 4 is 21.6 Å². The number of halogens is 3. The lowest BCUT2D eigenvalue weighted by atomic mass is 10.1. The van der Waals surface area contributed by atoms with Crippen LogP contribution in [0.4, 0.5) is 8.78 Å². The number of alkyl halides is 2. The van der Waals surface area contributed by atoms with E-state index in [2.05, 4.69) is 22.5 Å². The molecule has 5 heteroatoms. The van der Waals surface area contributed by atoms with E-state index in [1.165, 1.54) is 4.90 Å². The third-order valence-electron chi connectivity index (χ3n) is 2.99. The van der Waals surface area contributed by atoms with E-state index in [1.54, 1.807) is 25.3 Å². The fourth-order valence-corrected chi connectivity index (χ4v) is 2.32. The van der Waals surface area contributed by atoms with E-state index in [4.69, 9.17) is 4.74 Å². The summed E-state index contributed by atoms with van der Waals surface area (Å²) in [6, 6.07) is 7.27. The molecule has 0 bridgehead atoms. The van der Waals surface area contributed by atoms with Crippen LogP contribution in [0.3, 0.4) is 0 Å². The maximum atomic E-state index is 12.8. The molecule has 1 aromatic carbocycles. The van der Waals surface area contributed by atoms with Gasteiger partial charge in [0.15, 0.2) is 0 Å². The van der Waals surface area contributed by atoms with Crippen LogP contribution < -0.4 is 4.74 Å². The Morgan fingerprint density at radius 2 is 1.90 bits per heavy atom. The SMILES string of the molecule is C=C1C(Br)=CC=C(c2ccc(OC)cc2)N1CC(F)F. The van der Waals surface area contributed by atoms with Gasteiger partial charge in [0.2, 0.25) is 0 Å². The zero-order chi connectivity index (χ0) is 14.7. The van der Waals surface area contributed by atoms with Gasteiger partial charge in [0.25, 0.3) is 6.43 Å². The van der Waals surface area contributed by atoms with Crippen molar-refractivity contribution in [2.75, 3.05) is 13.7 Å². The lowest BCUT2D eigenvalue weighted by molar-refractivity contribution is 0.123. The molecular weight excluding hydrogens is 328 g/mol. The number of methoxy groups -OCH3 is 1. The largest absolute Gasteiger partial charge is 0.497 e. The maximum Gasteiger partial charge on any atom is 0.256 e. The van der Waals surface area contributed by atoms with Crippen LogP contribution in [0, 0.1) is 0 Å². The van der Waals surface area contributed by atoms with Gasteiger partial charge in [-0.3, -0.25) is 0 Å². The lowest BCUT2D eigenvalue weighted by Gasteiger charge is -2.31. The van der Waals surface area contributed by atoms with E-state index >= 15 is 0 Å². The van der Waals surface area contributed by atoms with Crippen molar-refractivity contribution in [3.8, 4) is 5.75 Å². The second-order valence-electron chi connectivity index (χ2n) is 4.24. The van der Waals surface area contributed by atoms with Gasteiger partial charge >= 0.3 is 0 Å². The number of allylic oxidation sites excluding steroid dienone is 3. The smallest absolute Gasteiger partial charge is 0.256 e. The van der Waals surface area contributed by atoms with Crippen molar-refractivity contribution in [1.29, 1.82) is 0 Å². The van der Waals surface area contributed by atoms with Crippen LogP contribution >= 0.6 is 15.9 Å². The quantitative estimate of drug-likeness (QED) is 0.804. The molecule has 0 amide bonds. The predicted molar refractivity (Wildman–Crippen MR) is 79.8 cm³/mol. The topological polar surface area (TPSA) is 12.5 Å². The Morgan fingerprint density at radius 1 is 1.25 bits per heavy atom. The monoisotopic (exact) mass is 341 g/mol. The average molecular weight is 342 g/mol. The zero-order valence-corrected chi connectivity index (χ0v) is 12.5. The Hall–Kier alpha value is -1.62. The van der Waals surface area contributed by atoms with Crippen molar-refractivity contribution in [1.82, 2.24) is 4.90 Å². The fourth-order valence-electron chi connectivity index (χ4n) is 1.97. The van der Waals surface area contributed by atoms with Crippen molar-refractivity contribution in [3.05, 3.63) is 58.7 Å². The van der Waals surface area contributed by atoms with Gasteiger partial charge in [0.05, 0.1) is 13.7 Å². The summed E-state index contributed by atoms with van der Waals surface area (Å²) in [5, 5.41) is 0. The normalized spacial score (nSPS) is 15.2. The van der Waals surface area contributed by atoms with E-state index < -0.39 is 6.43 Å². The standard InChI is InChI=1S/C15H14BrF2NO/c1-10-13(16)7-8-14(19(10)9-15(17)18)11-3-5-12(20-2)6-4-11/h3-8,15H,1,9H2,2H3. The molecule has 1 aromatic rings. The van der Waals surface area contributed by atoms with Crippen molar-refractivity contribution in [2.45, 2.75) is 6.43 Å². The minimum Gasteiger partial charge on any atom is -0.497 e. The van der Waals surface area contributed by atoms with Crippen LogP contribution in [0.25, 0.3) is 5.70 Å². The molecule has 0 saturated heterocycles. The fraction of sp³-hybridized carbons (Fsp3) is 0.200. The summed E-state index contributed by atoms with van der Waals surface area (Å²) in [5.41, 5.74) is 2.06. The molecule has 0 atom stereocenters. The Bertz CT molecular complexity index is 564. The Labute approximate surface area is 125 Å². The van der Waals surface area contributed by atoms with Crippen LogP contribution in [0.2, 0.25) is 0 Å². The van der Waals surface area contributed by atoms with E-state index in [9.17, 15) is 8.78 Å². The Morgan fingerprint density at radius 3 is 2.45 bits per heavy atom. The summed E-state index contributed by atoms with van der Waals surface area (Å²) < 4.78 is 31.3. The second kappa shape index (κ2) is 6.22. The highest BCUT2D eigenvalue weighted by Gasteiger charge is 2.22. The molecule has 0 spiro atoms. The van der Waals surface area contributed by atoms with Gasteiger partial charge in [-0.15, -0.1) is 0 Å². The summed E-state index contributed by atoms with van der Waals surface area (Å²) in [6.07, 6.45) is 1.17. The van der Waals surface area contributed by atoms with E-state index in [-0.39, 0.29) is 6.54 Å². The first-order valence-electron chi connectivity index (χ1n) is 6.00. The highest BCUT2D eigenvalue weighted by Crippen LogP contribution is 2.34. The van der Waals surface area contributed by atoms with Gasteiger partial charge < -0.3 is 9.64 Å². The molecule has 0 N–H and O–H groups in total. The first-order valence-corrected chi connectivity index (χ1v) is 6.79. The van der Waals surface area contributed by atoms with Crippen molar-refractivity contribution in [3.63, 3.8) is 0 Å². The molecule has 0 aliphatic carbocycles. The minimum atomic E-state index is -2.44. The van der Waals surface area contributed by atoms with Crippen LogP contribution in [0.15, 0.2) is 53.2 Å². The van der Waals surface area contributed by atoms with E-state index in [1.807, 2.05) is 18.2 Å². The highest BCUT2D eigenvalue weighted by molar-refractivity contribution is 9.12. The molecule has 2 nitrogen and oxygen atoms in total. The highest BCUT2D eigenvalue weighted by atomic mass is 79.9. The third-order valence-corrected chi connectivity index (χ3v) is 3.71. The van der Waals surface area contributed by atoms with Crippen LogP contribution in [-0.4, -0.2) is 25.0 Å². The van der Waals surface area contributed by atoms with Gasteiger partial charge in [-0.2, -0.15) is 0 Å². The van der Waals surface area contributed by atoms with Gasteiger partial charge in [0, 0.05) is 15.9 Å². The molecule has 0 unspecified atom stereocenters. The van der Waals surface area contributed by atoms with Gasteiger partial charge in [-0.05, 0) is 57.9 Å². The number of ether oxygens (including phenoxy) is 1. The maximum absolute atomic E-state index is 12.8.